The second-order valence-corrected chi connectivity index (χ2v) is 7.19. The number of fused-ring (bicyclic) bond motifs is 1. The number of hydrogen-bond acceptors (Lipinski definition) is 1. The van der Waals surface area contributed by atoms with Crippen LogP contribution in [0.4, 0.5) is 0 Å². The number of alkyl halides is 1. The second kappa shape index (κ2) is 6.26. The van der Waals surface area contributed by atoms with Gasteiger partial charge in [-0.15, -0.1) is 11.6 Å². The minimum absolute atomic E-state index is 0.393. The molecule has 108 valence electrons. The molecule has 0 amide bonds. The van der Waals surface area contributed by atoms with Crippen LogP contribution in [0.3, 0.4) is 0 Å². The average molecular weight is 476 g/mol. The number of halogens is 3. The number of hydrogen-bond donors (Lipinski definition) is 0. The van der Waals surface area contributed by atoms with Gasteiger partial charge in [-0.1, -0.05) is 22.9 Å². The number of nitrogens with zero attached hydrogens (tertiary/aromatic N) is 2. The molecule has 0 spiro atoms. The Morgan fingerprint density at radius 3 is 2.76 bits per heavy atom. The van der Waals surface area contributed by atoms with Gasteiger partial charge in [0, 0.05) is 8.04 Å². The monoisotopic (exact) mass is 474 g/mol. The quantitative estimate of drug-likeness (QED) is 0.351. The molecule has 1 aromatic heterocycles. The number of rotatable bonds is 3. The molecule has 1 heterocycles. The molecule has 3 aromatic rings. The second-order valence-electron chi connectivity index (χ2n) is 4.76. The third-order valence-electron chi connectivity index (χ3n) is 3.47. The number of imidazole rings is 1. The molecule has 3 rings (SSSR count). The zero-order valence-corrected chi connectivity index (χ0v) is 15.9. The lowest BCUT2D eigenvalue weighted by molar-refractivity contribution is 0.954. The van der Waals surface area contributed by atoms with Crippen molar-refractivity contribution in [1.29, 1.82) is 0 Å². The van der Waals surface area contributed by atoms with Crippen LogP contribution in [-0.4, -0.2) is 9.55 Å². The Morgan fingerprint density at radius 2 is 2.05 bits per heavy atom. The predicted molar refractivity (Wildman–Crippen MR) is 100 cm³/mol. The molecule has 0 aliphatic heterocycles. The van der Waals surface area contributed by atoms with Crippen molar-refractivity contribution in [2.45, 2.75) is 19.2 Å². The maximum absolute atomic E-state index is 6.13. The Bertz CT molecular complexity index is 813. The number of aromatic nitrogens is 2. The van der Waals surface area contributed by atoms with Crippen molar-refractivity contribution in [3.05, 3.63) is 55.8 Å². The van der Waals surface area contributed by atoms with Crippen molar-refractivity contribution in [3.63, 3.8) is 0 Å². The fourth-order valence-corrected chi connectivity index (χ4v) is 3.58. The van der Waals surface area contributed by atoms with Crippen LogP contribution in [-0.2, 0) is 12.3 Å². The fourth-order valence-electron chi connectivity index (χ4n) is 2.52. The van der Waals surface area contributed by atoms with Crippen LogP contribution >= 0.6 is 50.1 Å². The molecule has 0 N–H and O–H groups in total. The summed E-state index contributed by atoms with van der Waals surface area (Å²) >= 11 is 12.0. The van der Waals surface area contributed by atoms with Crippen molar-refractivity contribution in [2.24, 2.45) is 0 Å². The minimum atomic E-state index is 0.393. The lowest BCUT2D eigenvalue weighted by Crippen LogP contribution is -2.03. The molecule has 0 fully saturated rings. The van der Waals surface area contributed by atoms with E-state index >= 15 is 0 Å². The normalized spacial score (nSPS) is 11.2. The topological polar surface area (TPSA) is 17.8 Å². The lowest BCUT2D eigenvalue weighted by atomic mass is 10.1. The van der Waals surface area contributed by atoms with Crippen LogP contribution in [0.1, 0.15) is 18.3 Å². The van der Waals surface area contributed by atoms with Crippen LogP contribution in [0.2, 0.25) is 0 Å². The Kier molecular flexibility index (Phi) is 4.57. The molecule has 0 bridgehead atoms. The van der Waals surface area contributed by atoms with Crippen molar-refractivity contribution in [2.75, 3.05) is 0 Å². The Morgan fingerprint density at radius 1 is 1.24 bits per heavy atom. The van der Waals surface area contributed by atoms with Gasteiger partial charge in [0.05, 0.1) is 22.6 Å². The smallest absolute Gasteiger partial charge is 0.129 e. The van der Waals surface area contributed by atoms with Gasteiger partial charge >= 0.3 is 0 Å². The van der Waals surface area contributed by atoms with Gasteiger partial charge in [0.2, 0.25) is 0 Å². The molecular weight excluding hydrogens is 462 g/mol. The van der Waals surface area contributed by atoms with E-state index in [9.17, 15) is 0 Å². The first-order valence-corrected chi connectivity index (χ1v) is 9.06. The molecule has 0 saturated heterocycles. The first-order chi connectivity index (χ1) is 10.1. The van der Waals surface area contributed by atoms with Gasteiger partial charge in [0.25, 0.3) is 0 Å². The molecular formula is C16H13BrClIN2. The zero-order valence-electron chi connectivity index (χ0n) is 11.4. The summed E-state index contributed by atoms with van der Waals surface area (Å²) in [7, 11) is 0. The van der Waals surface area contributed by atoms with Crippen molar-refractivity contribution in [3.8, 4) is 5.69 Å². The van der Waals surface area contributed by atoms with Gasteiger partial charge in [-0.25, -0.2) is 4.98 Å². The molecule has 0 atom stereocenters. The van der Waals surface area contributed by atoms with Gasteiger partial charge in [0.1, 0.15) is 5.82 Å². The first-order valence-electron chi connectivity index (χ1n) is 6.65. The predicted octanol–water partition coefficient (Wildman–Crippen LogP) is 5.69. The van der Waals surface area contributed by atoms with E-state index < -0.39 is 0 Å². The summed E-state index contributed by atoms with van der Waals surface area (Å²) in [4.78, 5) is 4.68. The highest BCUT2D eigenvalue weighted by atomic mass is 127. The fraction of sp³-hybridized carbons (Fsp3) is 0.188. The maximum Gasteiger partial charge on any atom is 0.129 e. The highest BCUT2D eigenvalue weighted by molar-refractivity contribution is 14.1. The molecule has 0 unspecified atom stereocenters. The van der Waals surface area contributed by atoms with Crippen LogP contribution in [0, 0.1) is 3.57 Å². The van der Waals surface area contributed by atoms with Crippen molar-refractivity contribution >= 4 is 61.2 Å². The van der Waals surface area contributed by atoms with Gasteiger partial charge < -0.3 is 0 Å². The van der Waals surface area contributed by atoms with Crippen molar-refractivity contribution < 1.29 is 0 Å². The maximum atomic E-state index is 6.13. The van der Waals surface area contributed by atoms with Gasteiger partial charge in [0.15, 0.2) is 0 Å². The highest BCUT2D eigenvalue weighted by Gasteiger charge is 2.14. The summed E-state index contributed by atoms with van der Waals surface area (Å²) in [5, 5.41) is 0. The van der Waals surface area contributed by atoms with E-state index in [1.165, 1.54) is 9.13 Å². The molecule has 0 aliphatic carbocycles. The van der Waals surface area contributed by atoms with Gasteiger partial charge in [-0.05, 0) is 71.0 Å². The lowest BCUT2D eigenvalue weighted by Gasteiger charge is -2.13. The molecule has 0 radical (unpaired) electrons. The van der Waals surface area contributed by atoms with E-state index in [1.54, 1.807) is 0 Å². The SMILES string of the molecule is CCc1cc(Br)ccc1-n1c(CCl)nc2cc(I)ccc21. The minimum Gasteiger partial charge on any atom is -0.295 e. The summed E-state index contributed by atoms with van der Waals surface area (Å²) in [6.07, 6.45) is 0.959. The molecule has 2 nitrogen and oxygen atoms in total. The molecule has 5 heteroatoms. The van der Waals surface area contributed by atoms with Gasteiger partial charge in [-0.2, -0.15) is 0 Å². The third kappa shape index (κ3) is 2.85. The average Bonchev–Trinajstić information content (AvgIpc) is 2.84. The molecule has 2 aromatic carbocycles. The van der Waals surface area contributed by atoms with E-state index in [0.29, 0.717) is 5.88 Å². The van der Waals surface area contributed by atoms with E-state index in [2.05, 4.69) is 91.4 Å². The van der Waals surface area contributed by atoms with Crippen molar-refractivity contribution in [1.82, 2.24) is 9.55 Å². The van der Waals surface area contributed by atoms with Crippen LogP contribution in [0.15, 0.2) is 40.9 Å². The summed E-state index contributed by atoms with van der Waals surface area (Å²) in [6, 6.07) is 12.6. The zero-order chi connectivity index (χ0) is 15.0. The van der Waals surface area contributed by atoms with E-state index in [-0.39, 0.29) is 0 Å². The third-order valence-corrected chi connectivity index (χ3v) is 4.87. The summed E-state index contributed by atoms with van der Waals surface area (Å²) < 4.78 is 4.44. The number of aryl methyl sites for hydroxylation is 1. The van der Waals surface area contributed by atoms with Gasteiger partial charge in [-0.3, -0.25) is 4.57 Å². The first kappa shape index (κ1) is 15.3. The van der Waals surface area contributed by atoms with E-state index in [4.69, 9.17) is 11.6 Å². The van der Waals surface area contributed by atoms with Crippen LogP contribution in [0.25, 0.3) is 16.7 Å². The summed E-state index contributed by atoms with van der Waals surface area (Å²) in [5.41, 5.74) is 4.51. The van der Waals surface area contributed by atoms with Crippen LogP contribution < -0.4 is 0 Å². The Labute approximate surface area is 150 Å². The van der Waals surface area contributed by atoms with E-state index in [0.717, 1.165) is 33.4 Å². The highest BCUT2D eigenvalue weighted by Crippen LogP contribution is 2.28. The summed E-state index contributed by atoms with van der Waals surface area (Å²) in [5.74, 6) is 1.27. The standard InChI is InChI=1S/C16H13BrClIN2/c1-2-10-7-11(17)3-5-14(10)21-15-6-4-12(19)8-13(15)20-16(21)9-18/h3-8H,2,9H2,1H3. The summed E-state index contributed by atoms with van der Waals surface area (Å²) in [6.45, 7) is 2.16. The molecule has 0 saturated carbocycles. The van der Waals surface area contributed by atoms with E-state index in [1.807, 2.05) is 0 Å². The number of benzene rings is 2. The molecule has 0 aliphatic rings. The largest absolute Gasteiger partial charge is 0.295 e. The Hall–Kier alpha value is -0.590. The van der Waals surface area contributed by atoms with Crippen LogP contribution in [0.5, 0.6) is 0 Å². The Balaban J connectivity index is 2.33. The molecule has 21 heavy (non-hydrogen) atoms.